The van der Waals surface area contributed by atoms with Crippen molar-refractivity contribution in [1.29, 1.82) is 0 Å². The van der Waals surface area contributed by atoms with Crippen molar-refractivity contribution in [3.05, 3.63) is 22.4 Å². The summed E-state index contributed by atoms with van der Waals surface area (Å²) < 4.78 is 0. The van der Waals surface area contributed by atoms with E-state index in [0.717, 1.165) is 12.6 Å². The Labute approximate surface area is 103 Å². The Hall–Kier alpha value is -0.380. The fraction of sp³-hybridized carbons (Fsp3) is 0.692. The van der Waals surface area contributed by atoms with Crippen molar-refractivity contribution < 1.29 is 0 Å². The van der Waals surface area contributed by atoms with E-state index in [1.54, 1.807) is 0 Å². The maximum absolute atomic E-state index is 3.65. The van der Waals surface area contributed by atoms with Crippen molar-refractivity contribution in [3.63, 3.8) is 0 Å². The zero-order chi connectivity index (χ0) is 11.4. The van der Waals surface area contributed by atoms with Crippen LogP contribution in [-0.2, 0) is 0 Å². The molecule has 2 atom stereocenters. The second kappa shape index (κ2) is 5.80. The molecule has 2 rings (SSSR count). The molecule has 2 heterocycles. The second-order valence-corrected chi connectivity index (χ2v) is 5.75. The number of hydrogen-bond donors (Lipinski definition) is 1. The molecule has 1 saturated heterocycles. The van der Waals surface area contributed by atoms with Crippen LogP contribution in [0.2, 0.25) is 0 Å². The molecule has 0 aromatic carbocycles. The molecule has 3 heteroatoms. The maximum atomic E-state index is 3.65. The van der Waals surface area contributed by atoms with Crippen molar-refractivity contribution in [2.75, 3.05) is 20.1 Å². The summed E-state index contributed by atoms with van der Waals surface area (Å²) in [6, 6.07) is 5.57. The van der Waals surface area contributed by atoms with E-state index in [9.17, 15) is 0 Å². The van der Waals surface area contributed by atoms with Gasteiger partial charge >= 0.3 is 0 Å². The van der Waals surface area contributed by atoms with E-state index in [2.05, 4.69) is 41.7 Å². The monoisotopic (exact) mass is 238 g/mol. The van der Waals surface area contributed by atoms with Crippen LogP contribution in [-0.4, -0.2) is 31.1 Å². The SMILES string of the molecule is C[C@@H](NCC1CCCCN1C)c1cccs1. The van der Waals surface area contributed by atoms with Crippen LogP contribution in [0.5, 0.6) is 0 Å². The van der Waals surface area contributed by atoms with Gasteiger partial charge < -0.3 is 10.2 Å². The minimum Gasteiger partial charge on any atom is -0.308 e. The van der Waals surface area contributed by atoms with Crippen LogP contribution < -0.4 is 5.32 Å². The minimum atomic E-state index is 0.496. The molecular weight excluding hydrogens is 216 g/mol. The number of nitrogens with zero attached hydrogens (tertiary/aromatic N) is 1. The highest BCUT2D eigenvalue weighted by Crippen LogP contribution is 2.19. The van der Waals surface area contributed by atoms with Gasteiger partial charge in [0, 0.05) is 23.5 Å². The number of likely N-dealkylation sites (tertiary alicyclic amines) is 1. The summed E-state index contributed by atoms with van der Waals surface area (Å²) >= 11 is 1.84. The summed E-state index contributed by atoms with van der Waals surface area (Å²) in [7, 11) is 2.25. The van der Waals surface area contributed by atoms with E-state index in [-0.39, 0.29) is 0 Å². The number of nitrogens with one attached hydrogen (secondary N) is 1. The lowest BCUT2D eigenvalue weighted by Crippen LogP contribution is -2.43. The molecule has 1 aliphatic rings. The number of rotatable bonds is 4. The molecule has 0 aliphatic carbocycles. The Bertz CT molecular complexity index is 297. The Kier molecular flexibility index (Phi) is 4.38. The summed E-state index contributed by atoms with van der Waals surface area (Å²) in [5, 5.41) is 5.81. The van der Waals surface area contributed by atoms with Crippen molar-refractivity contribution in [3.8, 4) is 0 Å². The number of hydrogen-bond acceptors (Lipinski definition) is 3. The molecule has 16 heavy (non-hydrogen) atoms. The smallest absolute Gasteiger partial charge is 0.0386 e. The Morgan fingerprint density at radius 3 is 3.12 bits per heavy atom. The van der Waals surface area contributed by atoms with Gasteiger partial charge in [0.1, 0.15) is 0 Å². The molecule has 1 aliphatic heterocycles. The van der Waals surface area contributed by atoms with E-state index < -0.39 is 0 Å². The van der Waals surface area contributed by atoms with Crippen molar-refractivity contribution in [2.24, 2.45) is 0 Å². The van der Waals surface area contributed by atoms with Gasteiger partial charge in [0.15, 0.2) is 0 Å². The third-order valence-corrected chi connectivity index (χ3v) is 4.61. The molecule has 90 valence electrons. The van der Waals surface area contributed by atoms with Crippen LogP contribution >= 0.6 is 11.3 Å². The van der Waals surface area contributed by atoms with E-state index in [1.807, 2.05) is 11.3 Å². The molecule has 0 bridgehead atoms. The average molecular weight is 238 g/mol. The standard InChI is InChI=1S/C13H22N2S/c1-11(13-7-5-9-16-13)14-10-12-6-3-4-8-15(12)2/h5,7,9,11-12,14H,3-4,6,8,10H2,1-2H3/t11-,12?/m1/s1. The summed E-state index contributed by atoms with van der Waals surface area (Å²) in [5.74, 6) is 0. The summed E-state index contributed by atoms with van der Waals surface area (Å²) in [5.41, 5.74) is 0. The van der Waals surface area contributed by atoms with Crippen LogP contribution in [0, 0.1) is 0 Å². The Balaban J connectivity index is 1.78. The number of likely N-dealkylation sites (N-methyl/N-ethyl adjacent to an activating group) is 1. The van der Waals surface area contributed by atoms with Crippen LogP contribution in [0.4, 0.5) is 0 Å². The van der Waals surface area contributed by atoms with E-state index in [1.165, 1.54) is 30.7 Å². The first kappa shape index (κ1) is 12.1. The van der Waals surface area contributed by atoms with Crippen LogP contribution in [0.15, 0.2) is 17.5 Å². The van der Waals surface area contributed by atoms with E-state index in [0.29, 0.717) is 6.04 Å². The Morgan fingerprint density at radius 1 is 1.56 bits per heavy atom. The first-order valence-electron chi connectivity index (χ1n) is 6.24. The topological polar surface area (TPSA) is 15.3 Å². The zero-order valence-electron chi connectivity index (χ0n) is 10.3. The molecule has 1 N–H and O–H groups in total. The van der Waals surface area contributed by atoms with E-state index >= 15 is 0 Å². The van der Waals surface area contributed by atoms with Crippen LogP contribution in [0.25, 0.3) is 0 Å². The third-order valence-electron chi connectivity index (χ3n) is 3.55. The first-order chi connectivity index (χ1) is 7.77. The van der Waals surface area contributed by atoms with Gasteiger partial charge in [-0.3, -0.25) is 0 Å². The predicted molar refractivity (Wildman–Crippen MR) is 71.0 cm³/mol. The van der Waals surface area contributed by atoms with Gasteiger partial charge in [-0.15, -0.1) is 11.3 Å². The lowest BCUT2D eigenvalue weighted by molar-refractivity contribution is 0.179. The van der Waals surface area contributed by atoms with Crippen molar-refractivity contribution in [2.45, 2.75) is 38.3 Å². The minimum absolute atomic E-state index is 0.496. The quantitative estimate of drug-likeness (QED) is 0.867. The molecule has 1 unspecified atom stereocenters. The van der Waals surface area contributed by atoms with Crippen molar-refractivity contribution >= 4 is 11.3 Å². The third kappa shape index (κ3) is 3.06. The summed E-state index contributed by atoms with van der Waals surface area (Å²) in [6.45, 7) is 4.64. The first-order valence-corrected chi connectivity index (χ1v) is 7.12. The zero-order valence-corrected chi connectivity index (χ0v) is 11.1. The number of thiophene rings is 1. The highest BCUT2D eigenvalue weighted by molar-refractivity contribution is 7.10. The van der Waals surface area contributed by atoms with Gasteiger partial charge in [0.25, 0.3) is 0 Å². The summed E-state index contributed by atoms with van der Waals surface area (Å²) in [4.78, 5) is 3.94. The van der Waals surface area contributed by atoms with E-state index in [4.69, 9.17) is 0 Å². The normalized spacial score (nSPS) is 24.5. The van der Waals surface area contributed by atoms with Gasteiger partial charge in [-0.05, 0) is 44.8 Å². The molecular formula is C13H22N2S. The van der Waals surface area contributed by atoms with Crippen LogP contribution in [0.3, 0.4) is 0 Å². The molecule has 1 fully saturated rings. The predicted octanol–water partition coefficient (Wildman–Crippen LogP) is 2.88. The largest absolute Gasteiger partial charge is 0.308 e. The molecule has 0 spiro atoms. The fourth-order valence-electron chi connectivity index (χ4n) is 2.35. The van der Waals surface area contributed by atoms with Crippen LogP contribution in [0.1, 0.15) is 37.1 Å². The van der Waals surface area contributed by atoms with Gasteiger partial charge in [0.05, 0.1) is 0 Å². The fourth-order valence-corrected chi connectivity index (χ4v) is 3.11. The maximum Gasteiger partial charge on any atom is 0.0386 e. The second-order valence-electron chi connectivity index (χ2n) is 4.78. The molecule has 1 aromatic heterocycles. The van der Waals surface area contributed by atoms with Gasteiger partial charge in [-0.1, -0.05) is 12.5 Å². The van der Waals surface area contributed by atoms with Gasteiger partial charge in [-0.2, -0.15) is 0 Å². The molecule has 0 amide bonds. The number of piperidine rings is 1. The van der Waals surface area contributed by atoms with Crippen molar-refractivity contribution in [1.82, 2.24) is 10.2 Å². The molecule has 0 radical (unpaired) electrons. The summed E-state index contributed by atoms with van der Waals surface area (Å²) in [6.07, 6.45) is 4.11. The average Bonchev–Trinajstić information content (AvgIpc) is 2.81. The highest BCUT2D eigenvalue weighted by atomic mass is 32.1. The lowest BCUT2D eigenvalue weighted by atomic mass is 10.0. The Morgan fingerprint density at radius 2 is 2.44 bits per heavy atom. The molecule has 2 nitrogen and oxygen atoms in total. The highest BCUT2D eigenvalue weighted by Gasteiger charge is 2.19. The molecule has 0 saturated carbocycles. The lowest BCUT2D eigenvalue weighted by Gasteiger charge is -2.33. The van der Waals surface area contributed by atoms with Gasteiger partial charge in [-0.25, -0.2) is 0 Å². The van der Waals surface area contributed by atoms with Gasteiger partial charge in [0.2, 0.25) is 0 Å². The molecule has 1 aromatic rings.